The lowest BCUT2D eigenvalue weighted by Crippen LogP contribution is -2.29. The van der Waals surface area contributed by atoms with Gasteiger partial charge < -0.3 is 20.9 Å². The molecule has 0 amide bonds. The van der Waals surface area contributed by atoms with E-state index < -0.39 is 0 Å². The third kappa shape index (κ3) is 5.16. The van der Waals surface area contributed by atoms with Gasteiger partial charge in [0, 0.05) is 11.0 Å². The quantitative estimate of drug-likeness (QED) is 0.435. The third-order valence-corrected chi connectivity index (χ3v) is 6.02. The molecule has 1 unspecified atom stereocenters. The normalized spacial score (nSPS) is 15.4. The van der Waals surface area contributed by atoms with Crippen molar-refractivity contribution in [2.75, 3.05) is 18.8 Å². The Hall–Kier alpha value is -2.79. The number of nitrogens with two attached hydrogens (primary N) is 1. The monoisotopic (exact) mass is 514 g/mol. The minimum Gasteiger partial charge on any atom is -0.507 e. The summed E-state index contributed by atoms with van der Waals surface area (Å²) in [5, 5.41) is 23.7. The Morgan fingerprint density at radius 3 is 2.72 bits per heavy atom. The summed E-state index contributed by atoms with van der Waals surface area (Å²) in [6.45, 7) is 2.10. The second-order valence-corrected chi connectivity index (χ2v) is 8.49. The molecule has 166 valence electrons. The molecule has 1 aliphatic rings. The van der Waals surface area contributed by atoms with Crippen LogP contribution in [0.5, 0.6) is 11.5 Å². The summed E-state index contributed by atoms with van der Waals surface area (Å²) in [7, 11) is 0. The van der Waals surface area contributed by atoms with E-state index in [-0.39, 0.29) is 29.9 Å². The number of nitrogens with one attached hydrogen (secondary N) is 1. The highest BCUT2D eigenvalue weighted by atomic mass is 79.9. The van der Waals surface area contributed by atoms with E-state index in [9.17, 15) is 10.4 Å². The number of nitrogen functional groups attached to an aromatic ring is 1. The molecule has 8 heteroatoms. The number of piperidine rings is 1. The first-order valence-electron chi connectivity index (χ1n) is 10.2. The van der Waals surface area contributed by atoms with E-state index in [0.717, 1.165) is 41.5 Å². The largest absolute Gasteiger partial charge is 0.507 e. The van der Waals surface area contributed by atoms with E-state index in [1.807, 2.05) is 30.3 Å². The summed E-state index contributed by atoms with van der Waals surface area (Å²) in [6, 6.07) is 17.1. The predicted octanol–water partition coefficient (Wildman–Crippen LogP) is 5.14. The van der Waals surface area contributed by atoms with Gasteiger partial charge in [-0.1, -0.05) is 34.1 Å². The molecule has 0 spiro atoms. The van der Waals surface area contributed by atoms with Gasteiger partial charge in [0.1, 0.15) is 30.0 Å². The summed E-state index contributed by atoms with van der Waals surface area (Å²) in [5.74, 6) is 0.901. The molecule has 0 bridgehead atoms. The average Bonchev–Trinajstić information content (AvgIpc) is 2.79. The van der Waals surface area contributed by atoms with Crippen LogP contribution in [0, 0.1) is 11.3 Å². The molecule has 0 saturated carbocycles. The zero-order chi connectivity index (χ0) is 21.8. The number of hydrogen-bond donors (Lipinski definition) is 3. The molecule has 2 heterocycles. The summed E-state index contributed by atoms with van der Waals surface area (Å²) in [4.78, 5) is 4.45. The maximum atomic E-state index is 10.7. The molecule has 0 aliphatic carbocycles. The van der Waals surface area contributed by atoms with Crippen molar-refractivity contribution < 1.29 is 9.84 Å². The number of benzene rings is 2. The minimum absolute atomic E-state index is 0. The highest BCUT2D eigenvalue weighted by Gasteiger charge is 2.23. The van der Waals surface area contributed by atoms with Crippen molar-refractivity contribution in [3.05, 3.63) is 69.7 Å². The molecule has 1 atom stereocenters. The van der Waals surface area contributed by atoms with Crippen molar-refractivity contribution in [2.24, 2.45) is 0 Å². The van der Waals surface area contributed by atoms with Gasteiger partial charge in [-0.05, 0) is 66.8 Å². The number of aromatic nitrogens is 1. The number of ether oxygens (including phenoxy) is 1. The van der Waals surface area contributed by atoms with E-state index in [1.54, 1.807) is 18.2 Å². The molecule has 3 aromatic rings. The number of halogens is 2. The van der Waals surface area contributed by atoms with Crippen molar-refractivity contribution in [2.45, 2.75) is 25.4 Å². The first-order valence-corrected chi connectivity index (χ1v) is 11.0. The van der Waals surface area contributed by atoms with Crippen LogP contribution in [0.25, 0.3) is 11.3 Å². The SMILES string of the molecule is Cl.N#Cc1c(C2CCCNC2)cc(-c2c(O)cccc2OCc2ccc(Br)cc2)nc1N. The van der Waals surface area contributed by atoms with Crippen LogP contribution in [0.4, 0.5) is 5.82 Å². The van der Waals surface area contributed by atoms with Gasteiger partial charge in [0.2, 0.25) is 0 Å². The standard InChI is InChI=1S/C24H23BrN4O2.ClH/c25-17-8-6-15(7-9-17)14-31-22-5-1-4-21(30)23(22)20-11-18(16-3-2-10-28-13-16)19(12-26)24(27)29-20;/h1,4-9,11,16,28,30H,2-3,10,13-14H2,(H2,27,29);1H. The zero-order valence-electron chi connectivity index (χ0n) is 17.3. The average molecular weight is 516 g/mol. The third-order valence-electron chi connectivity index (χ3n) is 5.49. The lowest BCUT2D eigenvalue weighted by molar-refractivity contribution is 0.306. The van der Waals surface area contributed by atoms with Crippen molar-refractivity contribution >= 4 is 34.2 Å². The van der Waals surface area contributed by atoms with Crippen LogP contribution in [0.1, 0.15) is 35.4 Å². The lowest BCUT2D eigenvalue weighted by Gasteiger charge is -2.25. The van der Waals surface area contributed by atoms with Crippen LogP contribution in [-0.2, 0) is 6.61 Å². The number of phenols is 1. The van der Waals surface area contributed by atoms with Crippen LogP contribution in [0.2, 0.25) is 0 Å². The van der Waals surface area contributed by atoms with Gasteiger partial charge in [-0.2, -0.15) is 5.26 Å². The number of aromatic hydroxyl groups is 1. The summed E-state index contributed by atoms with van der Waals surface area (Å²) in [6.07, 6.45) is 2.00. The Labute approximate surface area is 202 Å². The Bertz CT molecular complexity index is 1130. The number of rotatable bonds is 5. The van der Waals surface area contributed by atoms with E-state index >= 15 is 0 Å². The van der Waals surface area contributed by atoms with Gasteiger partial charge in [-0.25, -0.2) is 4.98 Å². The zero-order valence-corrected chi connectivity index (χ0v) is 19.7. The molecule has 1 aromatic heterocycles. The maximum absolute atomic E-state index is 10.7. The molecule has 0 radical (unpaired) electrons. The van der Waals surface area contributed by atoms with Crippen LogP contribution in [-0.4, -0.2) is 23.2 Å². The van der Waals surface area contributed by atoms with Gasteiger partial charge in [0.05, 0.1) is 16.8 Å². The second-order valence-electron chi connectivity index (χ2n) is 7.58. The minimum atomic E-state index is 0. The number of anilines is 1. The molecular weight excluding hydrogens is 492 g/mol. The van der Waals surface area contributed by atoms with Gasteiger partial charge >= 0.3 is 0 Å². The summed E-state index contributed by atoms with van der Waals surface area (Å²) in [5.41, 5.74) is 9.42. The molecule has 32 heavy (non-hydrogen) atoms. The Balaban J connectivity index is 0.00000289. The molecule has 2 aromatic carbocycles. The highest BCUT2D eigenvalue weighted by Crippen LogP contribution is 2.40. The smallest absolute Gasteiger partial charge is 0.142 e. The number of phenolic OH excluding ortho intramolecular Hbond substituents is 1. The Morgan fingerprint density at radius 2 is 2.03 bits per heavy atom. The van der Waals surface area contributed by atoms with Crippen molar-refractivity contribution in [3.63, 3.8) is 0 Å². The molecule has 6 nitrogen and oxygen atoms in total. The summed E-state index contributed by atoms with van der Waals surface area (Å²) < 4.78 is 7.04. The van der Waals surface area contributed by atoms with E-state index in [4.69, 9.17) is 10.5 Å². The summed E-state index contributed by atoms with van der Waals surface area (Å²) >= 11 is 3.43. The first kappa shape index (κ1) is 23.9. The molecule has 4 rings (SSSR count). The first-order chi connectivity index (χ1) is 15.1. The Kier molecular flexibility index (Phi) is 7.97. The van der Waals surface area contributed by atoms with Crippen LogP contribution in [0.15, 0.2) is 53.0 Å². The fraction of sp³-hybridized carbons (Fsp3) is 0.250. The molecule has 1 aliphatic heterocycles. The van der Waals surface area contributed by atoms with Gasteiger partial charge in [-0.15, -0.1) is 12.4 Å². The van der Waals surface area contributed by atoms with Crippen molar-refractivity contribution in [1.82, 2.24) is 10.3 Å². The van der Waals surface area contributed by atoms with E-state index in [0.29, 0.717) is 29.2 Å². The van der Waals surface area contributed by atoms with Gasteiger partial charge in [-0.3, -0.25) is 0 Å². The predicted molar refractivity (Wildman–Crippen MR) is 131 cm³/mol. The van der Waals surface area contributed by atoms with Crippen molar-refractivity contribution in [1.29, 1.82) is 5.26 Å². The van der Waals surface area contributed by atoms with Crippen LogP contribution in [0.3, 0.4) is 0 Å². The topological polar surface area (TPSA) is 104 Å². The lowest BCUT2D eigenvalue weighted by atomic mass is 9.88. The molecule has 1 fully saturated rings. The van der Waals surface area contributed by atoms with E-state index in [1.165, 1.54) is 0 Å². The number of hydrogen-bond acceptors (Lipinski definition) is 6. The number of pyridine rings is 1. The Morgan fingerprint density at radius 1 is 1.25 bits per heavy atom. The van der Waals surface area contributed by atoms with E-state index in [2.05, 4.69) is 32.3 Å². The fourth-order valence-corrected chi connectivity index (χ4v) is 4.18. The fourth-order valence-electron chi connectivity index (χ4n) is 3.91. The van der Waals surface area contributed by atoms with Crippen LogP contribution >= 0.6 is 28.3 Å². The molecule has 4 N–H and O–H groups in total. The highest BCUT2D eigenvalue weighted by molar-refractivity contribution is 9.10. The van der Waals surface area contributed by atoms with Gasteiger partial charge in [0.25, 0.3) is 0 Å². The van der Waals surface area contributed by atoms with Gasteiger partial charge in [0.15, 0.2) is 0 Å². The molecule has 1 saturated heterocycles. The van der Waals surface area contributed by atoms with Crippen LogP contribution < -0.4 is 15.8 Å². The van der Waals surface area contributed by atoms with Crippen molar-refractivity contribution in [3.8, 4) is 28.8 Å². The number of nitriles is 1. The number of nitrogens with zero attached hydrogens (tertiary/aromatic N) is 2. The maximum Gasteiger partial charge on any atom is 0.142 e. The molecular formula is C24H24BrClN4O2. The second kappa shape index (κ2) is 10.7.